The van der Waals surface area contributed by atoms with Crippen molar-refractivity contribution in [2.24, 2.45) is 9.98 Å². The smallest absolute Gasteiger partial charge is 0.302 e. The van der Waals surface area contributed by atoms with Crippen LogP contribution in [0.2, 0.25) is 15.1 Å². The molecule has 0 saturated heterocycles. The quantitative estimate of drug-likeness (QED) is 0.0396. The molecular formula is C40H51Cl4N7O5S. The number of nitrogens with zero attached hydrogens (tertiary/aromatic N) is 5. The molecule has 1 heterocycles. The maximum Gasteiger partial charge on any atom is 0.302 e. The van der Waals surface area contributed by atoms with E-state index in [0.717, 1.165) is 30.2 Å². The number of hydrogen-bond acceptors (Lipinski definition) is 8. The van der Waals surface area contributed by atoms with Gasteiger partial charge in [0.1, 0.15) is 11.1 Å². The first kappa shape index (κ1) is 46.1. The van der Waals surface area contributed by atoms with Crippen molar-refractivity contribution >= 4 is 96.6 Å². The van der Waals surface area contributed by atoms with E-state index >= 15 is 0 Å². The molecule has 3 N–H and O–H groups in total. The maximum atomic E-state index is 14.0. The largest absolute Gasteiger partial charge is 0.411 e. The average molecular weight is 884 g/mol. The van der Waals surface area contributed by atoms with Gasteiger partial charge in [-0.05, 0) is 61.1 Å². The number of hydrogen-bond donors (Lipinski definition) is 3. The Kier molecular flexibility index (Phi) is 18.2. The van der Waals surface area contributed by atoms with Gasteiger partial charge in [-0.15, -0.1) is 11.6 Å². The summed E-state index contributed by atoms with van der Waals surface area (Å²) in [5, 5.41) is 17.0. The number of alkyl halides is 1. The average Bonchev–Trinajstić information content (AvgIpc) is 3.37. The van der Waals surface area contributed by atoms with Crippen LogP contribution in [0.15, 0.2) is 75.5 Å². The lowest BCUT2D eigenvalue weighted by Crippen LogP contribution is -2.32. The predicted octanol–water partition coefficient (Wildman–Crippen LogP) is 10.4. The second-order valence-corrected chi connectivity index (χ2v) is 17.5. The van der Waals surface area contributed by atoms with E-state index in [1.54, 1.807) is 55.5 Å². The minimum Gasteiger partial charge on any atom is -0.411 e. The number of carbonyl (C=O) groups excluding carboxylic acids is 1. The summed E-state index contributed by atoms with van der Waals surface area (Å²) in [5.74, 6) is -0.457. The van der Waals surface area contributed by atoms with Gasteiger partial charge in [0.25, 0.3) is 0 Å². The van der Waals surface area contributed by atoms with Crippen molar-refractivity contribution < 1.29 is 18.4 Å². The third-order valence-electron chi connectivity index (χ3n) is 9.25. The van der Waals surface area contributed by atoms with Gasteiger partial charge in [-0.2, -0.15) is 4.68 Å². The van der Waals surface area contributed by atoms with E-state index in [2.05, 4.69) is 27.5 Å². The van der Waals surface area contributed by atoms with E-state index in [0.29, 0.717) is 40.6 Å². The number of amides is 1. The summed E-state index contributed by atoms with van der Waals surface area (Å²) in [4.78, 5) is 36.6. The van der Waals surface area contributed by atoms with Crippen molar-refractivity contribution in [3.63, 3.8) is 0 Å². The molecule has 1 unspecified atom stereocenters. The Morgan fingerprint density at radius 3 is 2.05 bits per heavy atom. The Morgan fingerprint density at radius 1 is 0.877 bits per heavy atom. The minimum atomic E-state index is -3.34. The molecule has 1 aromatic heterocycles. The van der Waals surface area contributed by atoms with Gasteiger partial charge < -0.3 is 15.8 Å². The lowest BCUT2D eigenvalue weighted by Gasteiger charge is -2.16. The highest BCUT2D eigenvalue weighted by Crippen LogP contribution is 2.35. The van der Waals surface area contributed by atoms with Crippen LogP contribution in [0.4, 0.5) is 22.9 Å². The van der Waals surface area contributed by atoms with Crippen molar-refractivity contribution in [1.82, 2.24) is 13.8 Å². The molecule has 310 valence electrons. The predicted molar refractivity (Wildman–Crippen MR) is 236 cm³/mol. The molecule has 1 amide bonds. The van der Waals surface area contributed by atoms with Crippen molar-refractivity contribution in [2.45, 2.75) is 89.9 Å². The first-order chi connectivity index (χ1) is 27.2. The Bertz CT molecular complexity index is 2110. The van der Waals surface area contributed by atoms with Crippen LogP contribution < -0.4 is 16.2 Å². The molecule has 0 bridgehead atoms. The van der Waals surface area contributed by atoms with Crippen LogP contribution in [0, 0.1) is 0 Å². The molecule has 0 saturated carbocycles. The van der Waals surface area contributed by atoms with Gasteiger partial charge in [-0.25, -0.2) is 17.7 Å². The highest BCUT2D eigenvalue weighted by Gasteiger charge is 2.25. The molecule has 3 aromatic rings. The molecule has 1 aliphatic rings. The zero-order valence-electron chi connectivity index (χ0n) is 32.5. The van der Waals surface area contributed by atoms with Gasteiger partial charge >= 0.3 is 5.56 Å². The molecule has 57 heavy (non-hydrogen) atoms. The van der Waals surface area contributed by atoms with Crippen molar-refractivity contribution in [3.8, 4) is 5.69 Å². The van der Waals surface area contributed by atoms with Crippen LogP contribution in [0.1, 0.15) is 84.5 Å². The fourth-order valence-corrected chi connectivity index (χ4v) is 8.28. The van der Waals surface area contributed by atoms with Gasteiger partial charge in [0.05, 0.1) is 34.3 Å². The van der Waals surface area contributed by atoms with Gasteiger partial charge in [0.2, 0.25) is 15.9 Å². The molecule has 0 aliphatic heterocycles. The Morgan fingerprint density at radius 2 is 1.46 bits per heavy atom. The van der Waals surface area contributed by atoms with Crippen molar-refractivity contribution in [3.05, 3.63) is 86.1 Å². The van der Waals surface area contributed by atoms with Crippen molar-refractivity contribution in [2.75, 3.05) is 36.5 Å². The monoisotopic (exact) mass is 881 g/mol. The molecule has 1 atom stereocenters. The zero-order valence-corrected chi connectivity index (χ0v) is 36.3. The second-order valence-electron chi connectivity index (χ2n) is 13.7. The number of rotatable bonds is 22. The first-order valence-corrected chi connectivity index (χ1v) is 22.6. The summed E-state index contributed by atoms with van der Waals surface area (Å²) in [6.07, 6.45) is 20.2. The molecule has 4 rings (SSSR count). The van der Waals surface area contributed by atoms with E-state index in [4.69, 9.17) is 46.4 Å². The highest BCUT2D eigenvalue weighted by atomic mass is 35.5. The van der Waals surface area contributed by atoms with Gasteiger partial charge in [0.15, 0.2) is 11.5 Å². The SMILES string of the molecule is CCCCCCCCCCCCC(Cl)C(=O)Nc1cccc(Nc2c(N=C3C=CC(=NCCN(CC)S(C)(=O)=O)C=C3)c(=O)n(-c3c(Cl)cc(Cl)cc3Cl)n2O)c1. The maximum absolute atomic E-state index is 14.0. The van der Waals surface area contributed by atoms with E-state index in [9.17, 15) is 23.2 Å². The number of anilines is 3. The number of aliphatic imine (C=N–C) groups is 2. The third-order valence-corrected chi connectivity index (χ3v) is 11.8. The van der Waals surface area contributed by atoms with Gasteiger partial charge in [-0.3, -0.25) is 14.6 Å². The number of carbonyl (C=O) groups is 1. The fraction of sp³-hybridized carbons (Fsp3) is 0.450. The molecule has 0 radical (unpaired) electrons. The summed E-state index contributed by atoms with van der Waals surface area (Å²) in [7, 11) is -3.34. The molecule has 17 heteroatoms. The molecule has 0 spiro atoms. The highest BCUT2D eigenvalue weighted by molar-refractivity contribution is 7.88. The first-order valence-electron chi connectivity index (χ1n) is 19.2. The van der Waals surface area contributed by atoms with Crippen LogP contribution in [0.25, 0.3) is 5.69 Å². The number of sulfonamides is 1. The number of benzene rings is 2. The lowest BCUT2D eigenvalue weighted by atomic mass is 10.1. The van der Waals surface area contributed by atoms with E-state index in [-0.39, 0.29) is 51.3 Å². The molecule has 0 fully saturated rings. The summed E-state index contributed by atoms with van der Waals surface area (Å²) >= 11 is 25.6. The molecule has 1 aliphatic carbocycles. The lowest BCUT2D eigenvalue weighted by molar-refractivity contribution is -0.116. The summed E-state index contributed by atoms with van der Waals surface area (Å²) in [5.41, 5.74) is 0.802. The summed E-state index contributed by atoms with van der Waals surface area (Å²) in [6, 6.07) is 9.50. The fourth-order valence-electron chi connectivity index (χ4n) is 6.21. The number of nitrogens with one attached hydrogen (secondary N) is 2. The van der Waals surface area contributed by atoms with E-state index in [1.165, 1.54) is 61.4 Å². The standard InChI is InChI=1S/C40H51Cl4N7O5S/c1-4-6-7-8-9-10-11-12-13-14-18-33(42)39(52)48-32-17-15-16-31(27-32)47-38-36(40(53)50(51(38)54)37-34(43)25-28(41)26-35(37)44)46-30-21-19-29(20-22-30)45-23-24-49(5-2)57(3,55)56/h15-17,19-22,25-27,33,47,54H,4-14,18,23-24H2,1-3H3,(H,48,52). The van der Waals surface area contributed by atoms with Crippen LogP contribution in [0.5, 0.6) is 0 Å². The van der Waals surface area contributed by atoms with E-state index in [1.807, 2.05) is 0 Å². The zero-order chi connectivity index (χ0) is 41.5. The van der Waals surface area contributed by atoms with E-state index < -0.39 is 21.0 Å². The molecule has 2 aromatic carbocycles. The summed E-state index contributed by atoms with van der Waals surface area (Å²) in [6.45, 7) is 4.79. The summed E-state index contributed by atoms with van der Waals surface area (Å²) < 4.78 is 26.0. The number of unbranched alkanes of at least 4 members (excludes halogenated alkanes) is 9. The minimum absolute atomic E-state index is 0.00196. The number of halogens is 4. The number of likely N-dealkylation sites (N-methyl/N-ethyl adjacent to an activating group) is 1. The number of allylic oxidation sites excluding steroid dienone is 4. The second kappa shape index (κ2) is 22.5. The van der Waals surface area contributed by atoms with Crippen LogP contribution >= 0.6 is 46.4 Å². The van der Waals surface area contributed by atoms with Gasteiger partial charge in [0, 0.05) is 29.5 Å². The third kappa shape index (κ3) is 13.8. The Balaban J connectivity index is 1.51. The normalized spacial score (nSPS) is 13.3. The molecule has 12 nitrogen and oxygen atoms in total. The van der Waals surface area contributed by atoms with Crippen LogP contribution in [-0.2, 0) is 14.8 Å². The number of aromatic nitrogens is 2. The van der Waals surface area contributed by atoms with Crippen LogP contribution in [0.3, 0.4) is 0 Å². The van der Waals surface area contributed by atoms with Crippen molar-refractivity contribution in [1.29, 1.82) is 0 Å². The Hall–Kier alpha value is -3.59. The van der Waals surface area contributed by atoms with Crippen LogP contribution in [-0.4, -0.2) is 76.1 Å². The topological polar surface area (TPSA) is 150 Å². The van der Waals surface area contributed by atoms with Gasteiger partial charge in [-0.1, -0.05) is 124 Å². The Labute approximate surface area is 355 Å². The molecular weight excluding hydrogens is 832 g/mol.